The van der Waals surface area contributed by atoms with E-state index in [2.05, 4.69) is 26.1 Å². The zero-order chi connectivity index (χ0) is 31.6. The van der Waals surface area contributed by atoms with Gasteiger partial charge in [0, 0.05) is 47.7 Å². The van der Waals surface area contributed by atoms with Gasteiger partial charge in [-0.05, 0) is 42.7 Å². The third-order valence-corrected chi connectivity index (χ3v) is 6.94. The van der Waals surface area contributed by atoms with E-state index in [-0.39, 0.29) is 42.3 Å². The lowest BCUT2D eigenvalue weighted by molar-refractivity contribution is -0.141. The van der Waals surface area contributed by atoms with Crippen LogP contribution in [-0.4, -0.2) is 64.6 Å². The van der Waals surface area contributed by atoms with Crippen LogP contribution in [0.25, 0.3) is 11.0 Å². The van der Waals surface area contributed by atoms with E-state index in [1.54, 1.807) is 42.3 Å². The van der Waals surface area contributed by atoms with Gasteiger partial charge in [-0.2, -0.15) is 5.26 Å². The molecule has 0 saturated heterocycles. The molecule has 1 atom stereocenters. The summed E-state index contributed by atoms with van der Waals surface area (Å²) in [5.74, 6) is -1.63. The quantitative estimate of drug-likeness (QED) is 0.111. The average Bonchev–Trinajstić information content (AvgIpc) is 3.63. The van der Waals surface area contributed by atoms with E-state index in [1.807, 2.05) is 18.2 Å². The van der Waals surface area contributed by atoms with Gasteiger partial charge in [0.1, 0.15) is 23.1 Å². The molecule has 0 unspecified atom stereocenters. The summed E-state index contributed by atoms with van der Waals surface area (Å²) in [6.07, 6.45) is 4.57. The number of hydrogen-bond donors (Lipinski definition) is 4. The number of nitrogens with zero attached hydrogens (tertiary/aromatic N) is 4. The van der Waals surface area contributed by atoms with E-state index >= 15 is 0 Å². The number of halogens is 2. The van der Waals surface area contributed by atoms with Crippen molar-refractivity contribution in [2.24, 2.45) is 4.99 Å². The Balaban J connectivity index is 1.40. The van der Waals surface area contributed by atoms with Crippen molar-refractivity contribution in [1.29, 1.82) is 5.26 Å². The Morgan fingerprint density at radius 3 is 2.75 bits per heavy atom. The molecule has 4 rings (SSSR count). The van der Waals surface area contributed by atoms with Crippen LogP contribution in [0, 0.1) is 18.4 Å². The number of rotatable bonds is 10. The van der Waals surface area contributed by atoms with Gasteiger partial charge in [0.2, 0.25) is 18.1 Å². The number of carbonyl (C=O) groups excluding carboxylic acids is 2. The van der Waals surface area contributed by atoms with E-state index in [4.69, 9.17) is 37.4 Å². The Hall–Kier alpha value is -5.06. The molecule has 15 heteroatoms. The summed E-state index contributed by atoms with van der Waals surface area (Å²) in [6.45, 7) is 2.02. The zero-order valence-electron chi connectivity index (χ0n) is 23.3. The van der Waals surface area contributed by atoms with E-state index in [0.717, 1.165) is 11.5 Å². The number of aliphatic imine (C=N–C) groups is 1. The normalized spacial score (nSPS) is 14.9. The maximum Gasteiger partial charge on any atom is 0.328 e. The van der Waals surface area contributed by atoms with Crippen molar-refractivity contribution >= 4 is 57.9 Å². The molecular formula is C29H27Cl2N7O6. The molecule has 44 heavy (non-hydrogen) atoms. The average molecular weight is 640 g/mol. The monoisotopic (exact) mass is 639 g/mol. The number of nitrogens with one attached hydrogen (secondary N) is 3. The zero-order valence-corrected chi connectivity index (χ0v) is 24.9. The van der Waals surface area contributed by atoms with Gasteiger partial charge in [0.15, 0.2) is 5.76 Å². The molecule has 3 aromatic rings. The van der Waals surface area contributed by atoms with E-state index in [0.29, 0.717) is 41.1 Å². The van der Waals surface area contributed by atoms with Crippen LogP contribution in [0.1, 0.15) is 28.4 Å². The van der Waals surface area contributed by atoms with Crippen LogP contribution < -0.4 is 16.0 Å². The van der Waals surface area contributed by atoms with Crippen molar-refractivity contribution in [1.82, 2.24) is 26.0 Å². The fourth-order valence-corrected chi connectivity index (χ4v) is 4.85. The highest BCUT2D eigenvalue weighted by atomic mass is 35.5. The van der Waals surface area contributed by atoms with E-state index < -0.39 is 17.9 Å². The second kappa shape index (κ2) is 14.9. The van der Waals surface area contributed by atoms with Crippen LogP contribution in [0.15, 0.2) is 84.2 Å². The number of para-hydroxylation sites is 1. The predicted octanol–water partition coefficient (Wildman–Crippen LogP) is 3.53. The highest BCUT2D eigenvalue weighted by Crippen LogP contribution is 2.30. The molecule has 0 bridgehead atoms. The molecule has 0 fully saturated rings. The number of benzene rings is 1. The van der Waals surface area contributed by atoms with Gasteiger partial charge in [0.05, 0.1) is 6.54 Å². The van der Waals surface area contributed by atoms with Gasteiger partial charge in [-0.15, -0.1) is 4.99 Å². The lowest BCUT2D eigenvalue weighted by Crippen LogP contribution is -2.50. The van der Waals surface area contributed by atoms with Gasteiger partial charge in [0.25, 0.3) is 5.91 Å². The molecule has 13 nitrogen and oxygen atoms in total. The first-order valence-corrected chi connectivity index (χ1v) is 14.0. The van der Waals surface area contributed by atoms with Crippen LogP contribution in [0.2, 0.25) is 0 Å². The number of carboxylic acids is 1. The van der Waals surface area contributed by atoms with E-state index in [1.165, 1.54) is 5.54 Å². The first-order chi connectivity index (χ1) is 21.2. The maximum atomic E-state index is 13.2. The molecule has 228 valence electrons. The van der Waals surface area contributed by atoms with Crippen LogP contribution in [-0.2, 0) is 16.1 Å². The van der Waals surface area contributed by atoms with Gasteiger partial charge in [-0.25, -0.2) is 4.79 Å². The number of aromatic nitrogens is 1. The topological polar surface area (TPSA) is 186 Å². The fraction of sp³-hybridized carbons (Fsp3) is 0.241. The minimum absolute atomic E-state index is 0.0196. The summed E-state index contributed by atoms with van der Waals surface area (Å²) in [7, 11) is 0. The number of aliphatic carboxylic acids is 1. The summed E-state index contributed by atoms with van der Waals surface area (Å²) < 4.78 is 10.7. The van der Waals surface area contributed by atoms with Crippen LogP contribution in [0.4, 0.5) is 0 Å². The van der Waals surface area contributed by atoms with Gasteiger partial charge in [-0.3, -0.25) is 9.59 Å². The number of allylic oxidation sites excluding steroid dienone is 1. The number of guanidine groups is 1. The van der Waals surface area contributed by atoms with Gasteiger partial charge in [-0.1, -0.05) is 46.6 Å². The van der Waals surface area contributed by atoms with Crippen molar-refractivity contribution < 1.29 is 28.4 Å². The lowest BCUT2D eigenvalue weighted by atomic mass is 9.98. The standard InChI is InChI=1S/C29H27Cl2N7O6/c1-17-10-20(37-44-17)13-33-29(35-16-32)34-14-23(28(41)42)36-26(39)12-22(31)21-7-9-38(15-19(21)6-8-30)27(40)25-11-18-4-2-3-5-24(18)43-25/h2-6,8,10-12,23H,7,9,13-15H2,1H3,(H,36,39)(H,41,42)(H2,33,34,35)/b8-6+,22-12-/t23-/m0/s1. The summed E-state index contributed by atoms with van der Waals surface area (Å²) in [6, 6.07) is 9.26. The minimum atomic E-state index is -1.40. The molecule has 0 spiro atoms. The summed E-state index contributed by atoms with van der Waals surface area (Å²) >= 11 is 12.4. The Labute approximate surface area is 261 Å². The number of fused-ring (bicyclic) bond motifs is 1. The number of nitriles is 1. The smallest absolute Gasteiger partial charge is 0.328 e. The SMILES string of the molecule is Cc1cc(CNC(=NC#N)NC[C@H](NC(=O)/C=C(\Cl)C2=C(/C=C/Cl)CN(C(=O)c3cc4ccccc4o3)CC2)C(=O)O)no1. The maximum absolute atomic E-state index is 13.2. The van der Waals surface area contributed by atoms with Gasteiger partial charge >= 0.3 is 5.97 Å². The lowest BCUT2D eigenvalue weighted by Gasteiger charge is -2.29. The minimum Gasteiger partial charge on any atom is -0.480 e. The molecule has 0 aliphatic carbocycles. The number of amides is 2. The van der Waals surface area contributed by atoms with Crippen LogP contribution in [0.3, 0.4) is 0 Å². The summed E-state index contributed by atoms with van der Waals surface area (Å²) in [4.78, 5) is 43.0. The molecule has 2 amide bonds. The molecule has 2 aromatic heterocycles. The highest BCUT2D eigenvalue weighted by molar-refractivity contribution is 6.33. The molecular weight excluding hydrogens is 613 g/mol. The first kappa shape index (κ1) is 31.9. The number of aryl methyl sites for hydroxylation is 1. The summed E-state index contributed by atoms with van der Waals surface area (Å²) in [5, 5.41) is 31.2. The third kappa shape index (κ3) is 8.27. The fourth-order valence-electron chi connectivity index (χ4n) is 4.39. The molecule has 0 radical (unpaired) electrons. The Bertz CT molecular complexity index is 1680. The Morgan fingerprint density at radius 2 is 2.07 bits per heavy atom. The second-order valence-electron chi connectivity index (χ2n) is 9.54. The predicted molar refractivity (Wildman–Crippen MR) is 161 cm³/mol. The van der Waals surface area contributed by atoms with Crippen molar-refractivity contribution in [3.63, 3.8) is 0 Å². The van der Waals surface area contributed by atoms with Crippen molar-refractivity contribution in [3.05, 3.63) is 87.5 Å². The third-order valence-electron chi connectivity index (χ3n) is 6.48. The molecule has 1 aromatic carbocycles. The van der Waals surface area contributed by atoms with Crippen LogP contribution in [0.5, 0.6) is 0 Å². The van der Waals surface area contributed by atoms with Crippen molar-refractivity contribution in [3.8, 4) is 6.19 Å². The van der Waals surface area contributed by atoms with Crippen molar-refractivity contribution in [2.45, 2.75) is 25.9 Å². The Kier molecular flexibility index (Phi) is 10.8. The largest absolute Gasteiger partial charge is 0.480 e. The van der Waals surface area contributed by atoms with E-state index in [9.17, 15) is 19.5 Å². The number of carbonyl (C=O) groups is 3. The molecule has 1 aliphatic heterocycles. The number of carboxylic acid groups (broad SMARTS) is 1. The first-order valence-electron chi connectivity index (χ1n) is 13.2. The van der Waals surface area contributed by atoms with Gasteiger partial charge < -0.3 is 34.9 Å². The second-order valence-corrected chi connectivity index (χ2v) is 10.2. The van der Waals surface area contributed by atoms with Crippen molar-refractivity contribution in [2.75, 3.05) is 19.6 Å². The molecule has 1 aliphatic rings. The van der Waals surface area contributed by atoms with Crippen LogP contribution >= 0.6 is 23.2 Å². The molecule has 3 heterocycles. The molecule has 4 N–H and O–H groups in total. The number of furan rings is 1. The highest BCUT2D eigenvalue weighted by Gasteiger charge is 2.27. The molecule has 0 saturated carbocycles. The Morgan fingerprint density at radius 1 is 1.27 bits per heavy atom. The number of hydrogen-bond acceptors (Lipinski definition) is 8. The summed E-state index contributed by atoms with van der Waals surface area (Å²) in [5.41, 5.74) is 3.60.